The van der Waals surface area contributed by atoms with E-state index in [2.05, 4.69) is 15.9 Å². The Labute approximate surface area is 137 Å². The fraction of sp³-hybridized carbons (Fsp3) is 0.250. The van der Waals surface area contributed by atoms with Crippen LogP contribution in [0.15, 0.2) is 53.0 Å². The van der Waals surface area contributed by atoms with Crippen LogP contribution in [0, 0.1) is 0 Å². The molecule has 20 heavy (non-hydrogen) atoms. The third-order valence-electron chi connectivity index (χ3n) is 3.41. The lowest BCUT2D eigenvalue weighted by Gasteiger charge is -2.31. The van der Waals surface area contributed by atoms with Crippen LogP contribution >= 0.6 is 39.1 Å². The Bertz CT molecular complexity index is 582. The Kier molecular flexibility index (Phi) is 5.36. The highest BCUT2D eigenvalue weighted by molar-refractivity contribution is 9.10. The summed E-state index contributed by atoms with van der Waals surface area (Å²) in [7, 11) is 0. The first-order valence-electron chi connectivity index (χ1n) is 6.26. The molecule has 0 fully saturated rings. The summed E-state index contributed by atoms with van der Waals surface area (Å²) in [5, 5.41) is 9.61. The van der Waals surface area contributed by atoms with E-state index in [9.17, 15) is 5.11 Å². The summed E-state index contributed by atoms with van der Waals surface area (Å²) < 4.78 is 1.00. The summed E-state index contributed by atoms with van der Waals surface area (Å²) in [5.74, 6) is 1.08. The number of halogens is 3. The third kappa shape index (κ3) is 3.30. The van der Waals surface area contributed by atoms with Gasteiger partial charge in [0.1, 0.15) is 5.75 Å². The molecule has 0 heterocycles. The van der Waals surface area contributed by atoms with Gasteiger partial charge in [0.05, 0.1) is 0 Å². The predicted molar refractivity (Wildman–Crippen MR) is 89.1 cm³/mol. The first kappa shape index (κ1) is 15.7. The summed E-state index contributed by atoms with van der Waals surface area (Å²) in [5.41, 5.74) is 1.74. The number of phenols is 1. The number of hydrogen-bond acceptors (Lipinski definition) is 1. The standard InChI is InChI=1S/C16H15BrCl2O/c17-15-7-2-1-6-14(15)16(10-18,11-19)9-12-4-3-5-13(20)8-12/h1-8,20H,9-11H2. The average Bonchev–Trinajstić information content (AvgIpc) is 2.46. The van der Waals surface area contributed by atoms with Crippen molar-refractivity contribution in [3.05, 3.63) is 64.1 Å². The van der Waals surface area contributed by atoms with Crippen molar-refractivity contribution in [2.24, 2.45) is 0 Å². The first-order valence-corrected chi connectivity index (χ1v) is 8.12. The molecule has 0 atom stereocenters. The van der Waals surface area contributed by atoms with Gasteiger partial charge in [-0.1, -0.05) is 46.3 Å². The molecule has 1 nitrogen and oxygen atoms in total. The lowest BCUT2D eigenvalue weighted by molar-refractivity contribution is 0.472. The molecule has 0 radical (unpaired) electrons. The van der Waals surface area contributed by atoms with Crippen LogP contribution in [0.5, 0.6) is 5.75 Å². The number of rotatable bonds is 5. The zero-order valence-corrected chi connectivity index (χ0v) is 13.9. The largest absolute Gasteiger partial charge is 0.508 e. The van der Waals surface area contributed by atoms with Gasteiger partial charge in [0.2, 0.25) is 0 Å². The maximum Gasteiger partial charge on any atom is 0.115 e. The van der Waals surface area contributed by atoms with Crippen molar-refractivity contribution in [1.29, 1.82) is 0 Å². The molecule has 0 spiro atoms. The van der Waals surface area contributed by atoms with Gasteiger partial charge >= 0.3 is 0 Å². The highest BCUT2D eigenvalue weighted by Crippen LogP contribution is 2.36. The topological polar surface area (TPSA) is 20.2 Å². The van der Waals surface area contributed by atoms with E-state index in [0.717, 1.165) is 15.6 Å². The molecule has 0 aromatic heterocycles. The van der Waals surface area contributed by atoms with Crippen molar-refractivity contribution in [3.63, 3.8) is 0 Å². The van der Waals surface area contributed by atoms with E-state index in [4.69, 9.17) is 23.2 Å². The second kappa shape index (κ2) is 6.84. The summed E-state index contributed by atoms with van der Waals surface area (Å²) in [6.45, 7) is 0. The van der Waals surface area contributed by atoms with Gasteiger partial charge in [0.15, 0.2) is 0 Å². The molecule has 106 valence electrons. The van der Waals surface area contributed by atoms with Gasteiger partial charge in [-0.2, -0.15) is 0 Å². The Balaban J connectivity index is 2.42. The monoisotopic (exact) mass is 372 g/mol. The second-order valence-electron chi connectivity index (χ2n) is 4.87. The van der Waals surface area contributed by atoms with Crippen molar-refractivity contribution in [3.8, 4) is 5.75 Å². The quantitative estimate of drug-likeness (QED) is 0.721. The lowest BCUT2D eigenvalue weighted by atomic mass is 9.78. The molecule has 0 saturated heterocycles. The molecule has 0 aliphatic carbocycles. The Morgan fingerprint density at radius 1 is 1.00 bits per heavy atom. The summed E-state index contributed by atoms with van der Waals surface area (Å²) in [4.78, 5) is 0. The van der Waals surface area contributed by atoms with Gasteiger partial charge in [-0.3, -0.25) is 0 Å². The molecule has 0 aliphatic heterocycles. The highest BCUT2D eigenvalue weighted by Gasteiger charge is 2.32. The van der Waals surface area contributed by atoms with Crippen LogP contribution in [0.1, 0.15) is 11.1 Å². The molecular formula is C16H15BrCl2O. The molecule has 0 amide bonds. The Morgan fingerprint density at radius 3 is 2.30 bits per heavy atom. The predicted octanol–water partition coefficient (Wildman–Crippen LogP) is 5.11. The van der Waals surface area contributed by atoms with Crippen LogP contribution in [-0.2, 0) is 11.8 Å². The van der Waals surface area contributed by atoms with Crippen LogP contribution in [0.25, 0.3) is 0 Å². The second-order valence-corrected chi connectivity index (χ2v) is 6.26. The molecular weight excluding hydrogens is 359 g/mol. The van der Waals surface area contributed by atoms with Crippen LogP contribution in [-0.4, -0.2) is 16.9 Å². The Hall–Kier alpha value is -0.700. The van der Waals surface area contributed by atoms with Crippen LogP contribution in [0.2, 0.25) is 0 Å². The van der Waals surface area contributed by atoms with Crippen molar-refractivity contribution in [2.45, 2.75) is 11.8 Å². The number of alkyl halides is 2. The number of aromatic hydroxyl groups is 1. The summed E-state index contributed by atoms with van der Waals surface area (Å²) in [6.07, 6.45) is 0.678. The third-order valence-corrected chi connectivity index (χ3v) is 5.12. The molecule has 2 aromatic rings. The molecule has 0 aliphatic rings. The van der Waals surface area contributed by atoms with E-state index in [0.29, 0.717) is 18.2 Å². The smallest absolute Gasteiger partial charge is 0.115 e. The molecule has 0 bridgehead atoms. The molecule has 0 unspecified atom stereocenters. The average molecular weight is 374 g/mol. The van der Waals surface area contributed by atoms with Gasteiger partial charge < -0.3 is 5.11 Å². The fourth-order valence-corrected chi connectivity index (χ4v) is 3.79. The van der Waals surface area contributed by atoms with Gasteiger partial charge in [-0.15, -0.1) is 23.2 Å². The zero-order chi connectivity index (χ0) is 14.6. The fourth-order valence-electron chi connectivity index (χ4n) is 2.32. The maximum absolute atomic E-state index is 9.61. The zero-order valence-electron chi connectivity index (χ0n) is 10.8. The van der Waals surface area contributed by atoms with Gasteiger partial charge in [-0.05, 0) is 35.7 Å². The van der Waals surface area contributed by atoms with Gasteiger partial charge in [0.25, 0.3) is 0 Å². The summed E-state index contributed by atoms with van der Waals surface area (Å²) in [6, 6.07) is 15.2. The van der Waals surface area contributed by atoms with E-state index in [1.54, 1.807) is 12.1 Å². The van der Waals surface area contributed by atoms with Gasteiger partial charge in [-0.25, -0.2) is 0 Å². The highest BCUT2D eigenvalue weighted by atomic mass is 79.9. The van der Waals surface area contributed by atoms with Crippen molar-refractivity contribution < 1.29 is 5.11 Å². The SMILES string of the molecule is Oc1cccc(CC(CCl)(CCl)c2ccccc2Br)c1. The molecule has 2 aromatic carbocycles. The van der Waals surface area contributed by atoms with Crippen molar-refractivity contribution in [1.82, 2.24) is 0 Å². The van der Waals surface area contributed by atoms with E-state index in [-0.39, 0.29) is 11.2 Å². The van der Waals surface area contributed by atoms with E-state index < -0.39 is 0 Å². The minimum Gasteiger partial charge on any atom is -0.508 e. The molecule has 1 N–H and O–H groups in total. The molecule has 2 rings (SSSR count). The normalized spacial score (nSPS) is 11.6. The van der Waals surface area contributed by atoms with Crippen molar-refractivity contribution in [2.75, 3.05) is 11.8 Å². The number of phenolic OH excluding ortho intramolecular Hbond substituents is 1. The minimum absolute atomic E-state index is 0.257. The van der Waals surface area contributed by atoms with Crippen LogP contribution in [0.3, 0.4) is 0 Å². The minimum atomic E-state index is -0.364. The van der Waals surface area contributed by atoms with E-state index >= 15 is 0 Å². The number of hydrogen-bond donors (Lipinski definition) is 1. The molecule has 4 heteroatoms. The van der Waals surface area contributed by atoms with E-state index in [1.165, 1.54) is 0 Å². The van der Waals surface area contributed by atoms with Crippen molar-refractivity contribution >= 4 is 39.1 Å². The Morgan fingerprint density at radius 2 is 1.70 bits per heavy atom. The maximum atomic E-state index is 9.61. The first-order chi connectivity index (χ1) is 9.61. The van der Waals surface area contributed by atoms with Gasteiger partial charge in [0, 0.05) is 21.6 Å². The summed E-state index contributed by atoms with van der Waals surface area (Å²) >= 11 is 16.1. The number of benzene rings is 2. The van der Waals surface area contributed by atoms with E-state index in [1.807, 2.05) is 36.4 Å². The molecule has 0 saturated carbocycles. The van der Waals surface area contributed by atoms with Crippen LogP contribution < -0.4 is 0 Å². The van der Waals surface area contributed by atoms with Crippen LogP contribution in [0.4, 0.5) is 0 Å². The lowest BCUT2D eigenvalue weighted by Crippen LogP contribution is -2.33.